The summed E-state index contributed by atoms with van der Waals surface area (Å²) < 4.78 is 25.4. The van der Waals surface area contributed by atoms with E-state index in [1.165, 1.54) is 5.56 Å². The maximum atomic E-state index is 12.8. The molecule has 26 heavy (non-hydrogen) atoms. The Morgan fingerprint density at radius 3 is 2.38 bits per heavy atom. The van der Waals surface area contributed by atoms with E-state index in [1.807, 2.05) is 54.6 Å². The second-order valence-corrected chi connectivity index (χ2v) is 9.10. The van der Waals surface area contributed by atoms with Gasteiger partial charge in [-0.25, -0.2) is 8.42 Å². The Morgan fingerprint density at radius 1 is 1.04 bits per heavy atom. The number of benzene rings is 2. The molecule has 3 rings (SSSR count). The lowest BCUT2D eigenvalue weighted by molar-refractivity contribution is 0.0766. The summed E-state index contributed by atoms with van der Waals surface area (Å²) in [6.45, 7) is 2.83. The summed E-state index contributed by atoms with van der Waals surface area (Å²) in [5.41, 5.74) is 2.65. The van der Waals surface area contributed by atoms with Crippen LogP contribution in [0.15, 0.2) is 54.6 Å². The zero-order chi connectivity index (χ0) is 18.6. The average molecular weight is 372 g/mol. The third kappa shape index (κ3) is 4.15. The third-order valence-corrected chi connectivity index (χ3v) is 7.07. The van der Waals surface area contributed by atoms with Crippen LogP contribution in [0, 0.1) is 0 Å². The van der Waals surface area contributed by atoms with Gasteiger partial charge in [-0.15, -0.1) is 0 Å². The molecule has 2 aromatic rings. The molecule has 0 saturated carbocycles. The number of carbonyl (C=O) groups excluding carboxylic acids is 1. The van der Waals surface area contributed by atoms with E-state index in [2.05, 4.69) is 6.92 Å². The van der Waals surface area contributed by atoms with Crippen molar-refractivity contribution in [2.75, 3.05) is 18.8 Å². The van der Waals surface area contributed by atoms with E-state index in [1.54, 1.807) is 4.90 Å². The topological polar surface area (TPSA) is 54.5 Å². The number of amides is 1. The van der Waals surface area contributed by atoms with Crippen molar-refractivity contribution >= 4 is 15.7 Å². The summed E-state index contributed by atoms with van der Waals surface area (Å²) in [6, 6.07) is 17.0. The predicted molar refractivity (Wildman–Crippen MR) is 104 cm³/mol. The molecule has 1 amide bonds. The quantitative estimate of drug-likeness (QED) is 0.824. The molecule has 0 aromatic heterocycles. The van der Waals surface area contributed by atoms with Crippen LogP contribution < -0.4 is 0 Å². The summed E-state index contributed by atoms with van der Waals surface area (Å²) in [5, 5.41) is -0.534. The molecule has 0 N–H and O–H groups in total. The zero-order valence-electron chi connectivity index (χ0n) is 15.1. The Labute approximate surface area is 155 Å². The average Bonchev–Trinajstić information content (AvgIpc) is 2.81. The molecule has 2 aromatic carbocycles. The second-order valence-electron chi connectivity index (χ2n) is 6.79. The first-order valence-electron chi connectivity index (χ1n) is 9.16. The van der Waals surface area contributed by atoms with Crippen molar-refractivity contribution in [2.45, 2.75) is 31.4 Å². The van der Waals surface area contributed by atoms with Crippen molar-refractivity contribution in [1.82, 2.24) is 4.90 Å². The minimum absolute atomic E-state index is 0.00617. The van der Waals surface area contributed by atoms with Gasteiger partial charge in [-0.1, -0.05) is 55.8 Å². The molecule has 1 heterocycles. The van der Waals surface area contributed by atoms with Gasteiger partial charge in [-0.3, -0.25) is 4.79 Å². The van der Waals surface area contributed by atoms with E-state index in [4.69, 9.17) is 0 Å². The molecule has 0 aliphatic carbocycles. The van der Waals surface area contributed by atoms with Crippen molar-refractivity contribution in [1.29, 1.82) is 0 Å². The van der Waals surface area contributed by atoms with Gasteiger partial charge in [0, 0.05) is 18.7 Å². The monoisotopic (exact) mass is 371 g/mol. The number of rotatable bonds is 4. The highest BCUT2D eigenvalue weighted by atomic mass is 32.2. The maximum absolute atomic E-state index is 12.8. The zero-order valence-corrected chi connectivity index (χ0v) is 15.9. The Bertz CT molecular complexity index is 845. The Balaban J connectivity index is 1.76. The SMILES string of the molecule is CCCc1ccc(C(=O)N2CCC(c3ccccc3)S(=O)(=O)CC2)cc1. The number of hydrogen-bond donors (Lipinski definition) is 0. The molecule has 1 atom stereocenters. The fourth-order valence-electron chi connectivity index (χ4n) is 3.47. The molecule has 5 heteroatoms. The van der Waals surface area contributed by atoms with E-state index in [9.17, 15) is 13.2 Å². The number of sulfone groups is 1. The van der Waals surface area contributed by atoms with E-state index in [-0.39, 0.29) is 18.2 Å². The van der Waals surface area contributed by atoms with Crippen LogP contribution in [0.1, 0.15) is 46.5 Å². The minimum Gasteiger partial charge on any atom is -0.338 e. The molecule has 0 spiro atoms. The van der Waals surface area contributed by atoms with Crippen LogP contribution >= 0.6 is 0 Å². The Kier molecular flexibility index (Phi) is 5.77. The van der Waals surface area contributed by atoms with E-state index >= 15 is 0 Å². The van der Waals surface area contributed by atoms with Crippen LogP contribution in [0.4, 0.5) is 0 Å². The number of aryl methyl sites for hydroxylation is 1. The molecule has 1 aliphatic heterocycles. The molecule has 0 radical (unpaired) electrons. The number of carbonyl (C=O) groups is 1. The summed E-state index contributed by atoms with van der Waals surface area (Å²) in [5.74, 6) is -0.0800. The standard InChI is InChI=1S/C21H25NO3S/c1-2-6-17-9-11-19(12-10-17)21(23)22-14-13-20(26(24,25)16-15-22)18-7-4-3-5-8-18/h3-5,7-12,20H,2,6,13-16H2,1H3. The van der Waals surface area contributed by atoms with Crippen LogP contribution in [0.2, 0.25) is 0 Å². The Morgan fingerprint density at radius 2 is 1.73 bits per heavy atom. The molecule has 1 unspecified atom stereocenters. The van der Waals surface area contributed by atoms with E-state index < -0.39 is 15.1 Å². The lowest BCUT2D eigenvalue weighted by atomic mass is 10.1. The van der Waals surface area contributed by atoms with Gasteiger partial charge in [0.2, 0.25) is 0 Å². The van der Waals surface area contributed by atoms with Gasteiger partial charge in [0.1, 0.15) is 0 Å². The predicted octanol–water partition coefficient (Wildman–Crippen LogP) is 3.64. The largest absolute Gasteiger partial charge is 0.338 e. The highest BCUT2D eigenvalue weighted by Crippen LogP contribution is 2.29. The van der Waals surface area contributed by atoms with Crippen molar-refractivity contribution in [2.24, 2.45) is 0 Å². The summed E-state index contributed by atoms with van der Waals surface area (Å²) in [6.07, 6.45) is 2.50. The van der Waals surface area contributed by atoms with E-state index in [0.29, 0.717) is 18.5 Å². The smallest absolute Gasteiger partial charge is 0.253 e. The summed E-state index contributed by atoms with van der Waals surface area (Å²) in [4.78, 5) is 14.5. The van der Waals surface area contributed by atoms with Gasteiger partial charge in [-0.2, -0.15) is 0 Å². The van der Waals surface area contributed by atoms with Crippen LogP contribution in [0.5, 0.6) is 0 Å². The lowest BCUT2D eigenvalue weighted by Crippen LogP contribution is -2.33. The molecule has 1 fully saturated rings. The number of hydrogen-bond acceptors (Lipinski definition) is 3. The summed E-state index contributed by atoms with van der Waals surface area (Å²) >= 11 is 0. The van der Waals surface area contributed by atoms with Gasteiger partial charge in [0.05, 0.1) is 11.0 Å². The van der Waals surface area contributed by atoms with Gasteiger partial charge in [0.25, 0.3) is 5.91 Å². The molecule has 1 saturated heterocycles. The van der Waals surface area contributed by atoms with Gasteiger partial charge in [-0.05, 0) is 36.1 Å². The first-order chi connectivity index (χ1) is 12.5. The normalized spacial score (nSPS) is 19.7. The molecular formula is C21H25NO3S. The second kappa shape index (κ2) is 8.04. The molecule has 0 bridgehead atoms. The van der Waals surface area contributed by atoms with Gasteiger partial charge >= 0.3 is 0 Å². The maximum Gasteiger partial charge on any atom is 0.253 e. The van der Waals surface area contributed by atoms with Crippen LogP contribution in [0.25, 0.3) is 0 Å². The Hall–Kier alpha value is -2.14. The van der Waals surface area contributed by atoms with E-state index in [0.717, 1.165) is 18.4 Å². The fraction of sp³-hybridized carbons (Fsp3) is 0.381. The first kappa shape index (κ1) is 18.6. The van der Waals surface area contributed by atoms with Crippen LogP contribution in [-0.2, 0) is 16.3 Å². The molecular weight excluding hydrogens is 346 g/mol. The fourth-order valence-corrected chi connectivity index (χ4v) is 5.27. The molecule has 4 nitrogen and oxygen atoms in total. The number of nitrogens with zero attached hydrogens (tertiary/aromatic N) is 1. The minimum atomic E-state index is -3.27. The molecule has 1 aliphatic rings. The van der Waals surface area contributed by atoms with Crippen molar-refractivity contribution in [3.8, 4) is 0 Å². The van der Waals surface area contributed by atoms with Crippen LogP contribution in [0.3, 0.4) is 0 Å². The third-order valence-electron chi connectivity index (χ3n) is 4.94. The highest BCUT2D eigenvalue weighted by molar-refractivity contribution is 7.91. The van der Waals surface area contributed by atoms with Gasteiger partial charge in [0.15, 0.2) is 9.84 Å². The van der Waals surface area contributed by atoms with Crippen molar-refractivity contribution < 1.29 is 13.2 Å². The van der Waals surface area contributed by atoms with Crippen molar-refractivity contribution in [3.63, 3.8) is 0 Å². The van der Waals surface area contributed by atoms with Crippen LogP contribution in [-0.4, -0.2) is 38.1 Å². The van der Waals surface area contributed by atoms with Crippen molar-refractivity contribution in [3.05, 3.63) is 71.3 Å². The highest BCUT2D eigenvalue weighted by Gasteiger charge is 2.32. The van der Waals surface area contributed by atoms with Gasteiger partial charge < -0.3 is 4.90 Å². The lowest BCUT2D eigenvalue weighted by Gasteiger charge is -2.20. The first-order valence-corrected chi connectivity index (χ1v) is 10.9. The molecule has 138 valence electrons. The summed E-state index contributed by atoms with van der Waals surface area (Å²) in [7, 11) is -3.27.